The molecule has 0 bridgehead atoms. The summed E-state index contributed by atoms with van der Waals surface area (Å²) in [5.41, 5.74) is 8.90. The lowest BCUT2D eigenvalue weighted by atomic mass is 9.82. The Bertz CT molecular complexity index is 1280. The Hall–Kier alpha value is -3.79. The zero-order valence-electron chi connectivity index (χ0n) is 23.4. The molecule has 2 atom stereocenters. The van der Waals surface area contributed by atoms with E-state index in [1.165, 1.54) is 42.2 Å². The molecule has 200 valence electrons. The first kappa shape index (κ1) is 28.8. The van der Waals surface area contributed by atoms with E-state index in [9.17, 15) is 0 Å². The van der Waals surface area contributed by atoms with Crippen LogP contribution in [0.3, 0.4) is 0 Å². The van der Waals surface area contributed by atoms with Crippen LogP contribution < -0.4 is 10.6 Å². The first-order valence-electron chi connectivity index (χ1n) is 13.7. The SMILES string of the molecule is C=C(Nc1ccc2[nH]c(-c3ccc(NC)cc3)cc2c1)c1ccc(CC)cc1.C=O.CC1CCCCC1C. The summed E-state index contributed by atoms with van der Waals surface area (Å²) in [7, 11) is 1.93. The number of rotatable bonds is 6. The second-order valence-electron chi connectivity index (χ2n) is 10.2. The van der Waals surface area contributed by atoms with Gasteiger partial charge in [-0.3, -0.25) is 0 Å². The van der Waals surface area contributed by atoms with Crippen molar-refractivity contribution >= 4 is 34.8 Å². The lowest BCUT2D eigenvalue weighted by Crippen LogP contribution is -2.12. The summed E-state index contributed by atoms with van der Waals surface area (Å²) in [6.07, 6.45) is 6.95. The summed E-state index contributed by atoms with van der Waals surface area (Å²) in [4.78, 5) is 11.5. The molecule has 1 saturated carbocycles. The predicted octanol–water partition coefficient (Wildman–Crippen LogP) is 9.17. The lowest BCUT2D eigenvalue weighted by Gasteiger charge is -2.24. The minimum Gasteiger partial charge on any atom is -0.388 e. The van der Waals surface area contributed by atoms with Gasteiger partial charge in [0, 0.05) is 40.7 Å². The van der Waals surface area contributed by atoms with Gasteiger partial charge in [-0.25, -0.2) is 0 Å². The number of aromatic nitrogens is 1. The molecule has 0 spiro atoms. The Morgan fingerprint density at radius 2 is 1.47 bits per heavy atom. The third-order valence-corrected chi connectivity index (χ3v) is 7.65. The van der Waals surface area contributed by atoms with Crippen LogP contribution in [-0.2, 0) is 11.2 Å². The predicted molar refractivity (Wildman–Crippen MR) is 166 cm³/mol. The van der Waals surface area contributed by atoms with E-state index in [-0.39, 0.29) is 0 Å². The maximum absolute atomic E-state index is 8.00. The van der Waals surface area contributed by atoms with Gasteiger partial charge in [0.1, 0.15) is 6.79 Å². The van der Waals surface area contributed by atoms with Crippen LogP contribution in [0.25, 0.3) is 27.9 Å². The zero-order valence-corrected chi connectivity index (χ0v) is 23.4. The van der Waals surface area contributed by atoms with Crippen LogP contribution in [0.1, 0.15) is 57.6 Å². The van der Waals surface area contributed by atoms with Crippen LogP contribution in [-0.4, -0.2) is 18.8 Å². The van der Waals surface area contributed by atoms with Crippen LogP contribution in [0.4, 0.5) is 11.4 Å². The Labute approximate surface area is 228 Å². The molecule has 0 aliphatic heterocycles. The molecule has 3 N–H and O–H groups in total. The van der Waals surface area contributed by atoms with E-state index in [2.05, 4.69) is 116 Å². The van der Waals surface area contributed by atoms with Crippen LogP contribution >= 0.6 is 0 Å². The molecule has 38 heavy (non-hydrogen) atoms. The van der Waals surface area contributed by atoms with E-state index in [1.807, 2.05) is 13.8 Å². The van der Waals surface area contributed by atoms with Gasteiger partial charge in [0.15, 0.2) is 0 Å². The van der Waals surface area contributed by atoms with E-state index in [1.54, 1.807) is 0 Å². The molecule has 4 aromatic rings. The van der Waals surface area contributed by atoms with E-state index < -0.39 is 0 Å². The summed E-state index contributed by atoms with van der Waals surface area (Å²) < 4.78 is 0. The lowest BCUT2D eigenvalue weighted by molar-refractivity contribution is -0.0979. The van der Waals surface area contributed by atoms with Crippen molar-refractivity contribution in [1.82, 2.24) is 4.98 Å². The molecule has 1 aliphatic rings. The summed E-state index contributed by atoms with van der Waals surface area (Å²) in [5, 5.41) is 7.76. The van der Waals surface area contributed by atoms with Gasteiger partial charge in [0.05, 0.1) is 0 Å². The number of nitrogens with one attached hydrogen (secondary N) is 3. The maximum Gasteiger partial charge on any atom is 0.106 e. The van der Waals surface area contributed by atoms with Crippen molar-refractivity contribution in [3.63, 3.8) is 0 Å². The molecule has 1 aliphatic carbocycles. The maximum atomic E-state index is 8.00. The minimum atomic E-state index is 0.903. The number of hydrogen-bond acceptors (Lipinski definition) is 3. The normalized spacial score (nSPS) is 16.4. The van der Waals surface area contributed by atoms with Crippen LogP contribution in [0.2, 0.25) is 0 Å². The van der Waals surface area contributed by atoms with Crippen molar-refractivity contribution in [2.24, 2.45) is 11.8 Å². The number of benzene rings is 3. The van der Waals surface area contributed by atoms with Gasteiger partial charge in [-0.1, -0.05) is 89.4 Å². The summed E-state index contributed by atoms with van der Waals surface area (Å²) in [6, 6.07) is 25.5. The number of anilines is 2. The molecule has 3 aromatic carbocycles. The minimum absolute atomic E-state index is 0.903. The molecule has 1 fully saturated rings. The van der Waals surface area contributed by atoms with Gasteiger partial charge in [0.2, 0.25) is 0 Å². The summed E-state index contributed by atoms with van der Waals surface area (Å²) in [5.74, 6) is 2.01. The standard InChI is InChI=1S/C25H25N3.C8H16.CH2O/c1-4-18-5-7-19(8-6-18)17(2)27-23-13-14-24-21(15-23)16-25(28-24)20-9-11-22(26-3)12-10-20;1-7-5-3-4-6-8(7)2;1-2/h5-16,26-28H,2,4H2,1,3H3;7-8H,3-6H2,1-2H3;1H2. The molecule has 5 rings (SSSR count). The van der Waals surface area contributed by atoms with E-state index in [0.717, 1.165) is 52.1 Å². The highest BCUT2D eigenvalue weighted by Crippen LogP contribution is 2.29. The average molecular weight is 510 g/mol. The number of aromatic amines is 1. The molecule has 0 saturated heterocycles. The van der Waals surface area contributed by atoms with Gasteiger partial charge in [-0.2, -0.15) is 0 Å². The summed E-state index contributed by atoms with van der Waals surface area (Å²) in [6.45, 7) is 13.1. The topological polar surface area (TPSA) is 56.9 Å². The van der Waals surface area contributed by atoms with E-state index in [0.29, 0.717) is 0 Å². The Morgan fingerprint density at radius 3 is 2.03 bits per heavy atom. The Balaban J connectivity index is 0.000000339. The fraction of sp³-hybridized carbons (Fsp3) is 0.324. The van der Waals surface area contributed by atoms with E-state index >= 15 is 0 Å². The number of hydrogen-bond donors (Lipinski definition) is 3. The van der Waals surface area contributed by atoms with Gasteiger partial charge in [0.25, 0.3) is 0 Å². The molecule has 4 nitrogen and oxygen atoms in total. The fourth-order valence-electron chi connectivity index (χ4n) is 4.87. The second-order valence-corrected chi connectivity index (χ2v) is 10.2. The molecule has 2 unspecified atom stereocenters. The molecular formula is C34H43N3O. The number of fused-ring (bicyclic) bond motifs is 1. The quantitative estimate of drug-likeness (QED) is 0.243. The van der Waals surface area contributed by atoms with Gasteiger partial charge < -0.3 is 20.4 Å². The highest BCUT2D eigenvalue weighted by Gasteiger charge is 2.15. The largest absolute Gasteiger partial charge is 0.388 e. The Morgan fingerprint density at radius 1 is 0.868 bits per heavy atom. The molecule has 0 radical (unpaired) electrons. The third kappa shape index (κ3) is 7.61. The van der Waals surface area contributed by atoms with E-state index in [4.69, 9.17) is 4.79 Å². The number of H-pyrrole nitrogens is 1. The summed E-state index contributed by atoms with van der Waals surface area (Å²) >= 11 is 0. The first-order valence-corrected chi connectivity index (χ1v) is 13.7. The van der Waals surface area contributed by atoms with Crippen molar-refractivity contribution in [2.75, 3.05) is 17.7 Å². The number of carbonyl (C=O) groups is 1. The first-order chi connectivity index (χ1) is 18.5. The molecular weight excluding hydrogens is 466 g/mol. The number of aryl methyl sites for hydroxylation is 1. The fourth-order valence-corrected chi connectivity index (χ4v) is 4.87. The smallest absolute Gasteiger partial charge is 0.106 e. The molecule has 4 heteroatoms. The average Bonchev–Trinajstić information content (AvgIpc) is 3.40. The van der Waals surface area contributed by atoms with Gasteiger partial charge >= 0.3 is 0 Å². The third-order valence-electron chi connectivity index (χ3n) is 7.65. The second kappa shape index (κ2) is 14.2. The van der Waals surface area contributed by atoms with Crippen LogP contribution in [0.5, 0.6) is 0 Å². The van der Waals surface area contributed by atoms with Crippen LogP contribution in [0.15, 0.2) is 79.4 Å². The molecule has 0 amide bonds. The van der Waals surface area contributed by atoms with Crippen molar-refractivity contribution in [1.29, 1.82) is 0 Å². The highest BCUT2D eigenvalue weighted by atomic mass is 16.1. The van der Waals surface area contributed by atoms with Crippen molar-refractivity contribution in [3.05, 3.63) is 90.5 Å². The highest BCUT2D eigenvalue weighted by molar-refractivity contribution is 5.90. The number of carbonyl (C=O) groups excluding carboxylic acids is 1. The Kier molecular flexibility index (Phi) is 10.8. The van der Waals surface area contributed by atoms with Crippen molar-refractivity contribution in [3.8, 4) is 11.3 Å². The van der Waals surface area contributed by atoms with Crippen molar-refractivity contribution < 1.29 is 4.79 Å². The van der Waals surface area contributed by atoms with Gasteiger partial charge in [-0.15, -0.1) is 0 Å². The van der Waals surface area contributed by atoms with Crippen LogP contribution in [0, 0.1) is 11.8 Å². The van der Waals surface area contributed by atoms with Gasteiger partial charge in [-0.05, 0) is 71.3 Å². The molecule has 1 heterocycles. The van der Waals surface area contributed by atoms with Crippen molar-refractivity contribution in [2.45, 2.75) is 52.9 Å². The zero-order chi connectivity index (χ0) is 27.5. The molecule has 1 aromatic heterocycles. The monoisotopic (exact) mass is 509 g/mol.